The third-order valence-electron chi connectivity index (χ3n) is 4.90. The summed E-state index contributed by atoms with van der Waals surface area (Å²) in [5, 5.41) is 7.31. The molecule has 2 heterocycles. The molecule has 0 amide bonds. The molecule has 0 bridgehead atoms. The van der Waals surface area contributed by atoms with E-state index in [2.05, 4.69) is 17.6 Å². The second kappa shape index (κ2) is 4.87. The van der Waals surface area contributed by atoms with Crippen LogP contribution in [0.1, 0.15) is 45.4 Å². The first-order chi connectivity index (χ1) is 8.31. The van der Waals surface area contributed by atoms with Gasteiger partial charge in [0.05, 0.1) is 5.60 Å². The molecule has 2 N–H and O–H groups in total. The quantitative estimate of drug-likeness (QED) is 0.785. The van der Waals surface area contributed by atoms with E-state index in [-0.39, 0.29) is 5.60 Å². The van der Waals surface area contributed by atoms with Gasteiger partial charge in [-0.3, -0.25) is 0 Å². The normalized spacial score (nSPS) is 40.4. The number of piperidine rings is 1. The second-order valence-electron chi connectivity index (χ2n) is 6.15. The fourth-order valence-corrected chi connectivity index (χ4v) is 3.61. The van der Waals surface area contributed by atoms with Crippen molar-refractivity contribution in [3.8, 4) is 0 Å². The predicted octanol–water partition coefficient (Wildman–Crippen LogP) is 1.68. The molecule has 3 rings (SSSR count). The molecular weight excluding hydrogens is 212 g/mol. The van der Waals surface area contributed by atoms with Crippen molar-refractivity contribution >= 4 is 0 Å². The number of hydrogen-bond donors (Lipinski definition) is 2. The molecule has 0 aromatic carbocycles. The minimum atomic E-state index is 0.206. The van der Waals surface area contributed by atoms with Crippen molar-refractivity contribution in [3.63, 3.8) is 0 Å². The predicted molar refractivity (Wildman–Crippen MR) is 69.1 cm³/mol. The van der Waals surface area contributed by atoms with Crippen molar-refractivity contribution in [1.29, 1.82) is 0 Å². The number of hydrogen-bond acceptors (Lipinski definition) is 3. The van der Waals surface area contributed by atoms with Crippen LogP contribution in [0.25, 0.3) is 0 Å². The molecule has 1 unspecified atom stereocenters. The summed E-state index contributed by atoms with van der Waals surface area (Å²) >= 11 is 0. The van der Waals surface area contributed by atoms with Crippen molar-refractivity contribution < 1.29 is 4.74 Å². The first-order valence-corrected chi connectivity index (χ1v) is 7.42. The lowest BCUT2D eigenvalue weighted by atomic mass is 9.83. The Morgan fingerprint density at radius 3 is 2.88 bits per heavy atom. The molecule has 3 nitrogen and oxygen atoms in total. The maximum atomic E-state index is 6.11. The lowest BCUT2D eigenvalue weighted by Gasteiger charge is -2.44. The van der Waals surface area contributed by atoms with Gasteiger partial charge in [0, 0.05) is 18.7 Å². The van der Waals surface area contributed by atoms with Crippen LogP contribution in [0.15, 0.2) is 0 Å². The molecule has 3 aliphatic rings. The van der Waals surface area contributed by atoms with E-state index in [0.717, 1.165) is 31.7 Å². The van der Waals surface area contributed by atoms with Crippen molar-refractivity contribution in [1.82, 2.24) is 10.6 Å². The van der Waals surface area contributed by atoms with Crippen molar-refractivity contribution in [2.75, 3.05) is 19.7 Å². The van der Waals surface area contributed by atoms with Crippen LogP contribution in [-0.2, 0) is 4.74 Å². The topological polar surface area (TPSA) is 33.3 Å². The Bertz CT molecular complexity index is 257. The minimum Gasteiger partial charge on any atom is -0.375 e. The van der Waals surface area contributed by atoms with Crippen LogP contribution in [0.3, 0.4) is 0 Å². The van der Waals surface area contributed by atoms with Gasteiger partial charge in [-0.15, -0.1) is 0 Å². The Labute approximate surface area is 105 Å². The number of ether oxygens (including phenoxy) is 1. The SMILES string of the molecule is CC[C@@H]1C[C@H]1NC1CCOC2(CCNCC2)C1. The standard InChI is InChI=1S/C14H26N2O/c1-2-11-9-13(11)16-12-3-8-17-14(10-12)4-6-15-7-5-14/h11-13,15-16H,2-10H2,1H3/t11-,12?,13-/m1/s1. The summed E-state index contributed by atoms with van der Waals surface area (Å²) in [4.78, 5) is 0. The fraction of sp³-hybridized carbons (Fsp3) is 1.00. The van der Waals surface area contributed by atoms with Gasteiger partial charge >= 0.3 is 0 Å². The molecule has 3 heteroatoms. The monoisotopic (exact) mass is 238 g/mol. The van der Waals surface area contributed by atoms with E-state index in [1.165, 1.54) is 38.5 Å². The molecule has 2 saturated heterocycles. The van der Waals surface area contributed by atoms with Crippen LogP contribution in [-0.4, -0.2) is 37.4 Å². The highest BCUT2D eigenvalue weighted by Crippen LogP contribution is 2.37. The summed E-state index contributed by atoms with van der Waals surface area (Å²) in [5.74, 6) is 0.960. The highest BCUT2D eigenvalue weighted by molar-refractivity contribution is 4.98. The van der Waals surface area contributed by atoms with E-state index in [9.17, 15) is 0 Å². The summed E-state index contributed by atoms with van der Waals surface area (Å²) in [6, 6.07) is 1.53. The first kappa shape index (κ1) is 11.9. The molecule has 1 spiro atoms. The first-order valence-electron chi connectivity index (χ1n) is 7.42. The highest BCUT2D eigenvalue weighted by Gasteiger charge is 2.42. The molecule has 0 radical (unpaired) electrons. The lowest BCUT2D eigenvalue weighted by molar-refractivity contribution is -0.105. The Morgan fingerprint density at radius 2 is 2.18 bits per heavy atom. The largest absolute Gasteiger partial charge is 0.375 e. The van der Waals surface area contributed by atoms with Crippen molar-refractivity contribution in [2.45, 2.75) is 63.1 Å². The fourth-order valence-electron chi connectivity index (χ4n) is 3.61. The van der Waals surface area contributed by atoms with Crippen LogP contribution in [0, 0.1) is 5.92 Å². The van der Waals surface area contributed by atoms with E-state index in [0.29, 0.717) is 6.04 Å². The number of rotatable bonds is 3. The average Bonchev–Trinajstić information content (AvgIpc) is 3.08. The molecule has 1 aliphatic carbocycles. The lowest BCUT2D eigenvalue weighted by Crippen LogP contribution is -2.52. The number of nitrogens with one attached hydrogen (secondary N) is 2. The van der Waals surface area contributed by atoms with Crippen LogP contribution in [0.5, 0.6) is 0 Å². The third kappa shape index (κ3) is 2.67. The van der Waals surface area contributed by atoms with Crippen LogP contribution < -0.4 is 10.6 Å². The molecule has 0 aromatic heterocycles. The third-order valence-corrected chi connectivity index (χ3v) is 4.90. The van der Waals surface area contributed by atoms with Crippen LogP contribution >= 0.6 is 0 Å². The van der Waals surface area contributed by atoms with E-state index in [4.69, 9.17) is 4.74 Å². The second-order valence-corrected chi connectivity index (χ2v) is 6.15. The minimum absolute atomic E-state index is 0.206. The van der Waals surface area contributed by atoms with Gasteiger partial charge in [-0.05, 0) is 51.1 Å². The molecule has 2 aliphatic heterocycles. The molecular formula is C14H26N2O. The van der Waals surface area contributed by atoms with E-state index in [1.54, 1.807) is 0 Å². The summed E-state index contributed by atoms with van der Waals surface area (Å²) < 4.78 is 6.11. The van der Waals surface area contributed by atoms with Crippen LogP contribution in [0.2, 0.25) is 0 Å². The van der Waals surface area contributed by atoms with Gasteiger partial charge in [-0.25, -0.2) is 0 Å². The zero-order valence-electron chi connectivity index (χ0n) is 11.0. The Kier molecular flexibility index (Phi) is 3.42. The summed E-state index contributed by atoms with van der Waals surface area (Å²) in [6.07, 6.45) is 7.60. The molecule has 1 saturated carbocycles. The smallest absolute Gasteiger partial charge is 0.0721 e. The Balaban J connectivity index is 1.52. The molecule has 98 valence electrons. The maximum Gasteiger partial charge on any atom is 0.0721 e. The highest BCUT2D eigenvalue weighted by atomic mass is 16.5. The van der Waals surface area contributed by atoms with Gasteiger partial charge in [0.1, 0.15) is 0 Å². The zero-order valence-corrected chi connectivity index (χ0v) is 11.0. The summed E-state index contributed by atoms with van der Waals surface area (Å²) in [5.41, 5.74) is 0.206. The molecule has 3 atom stereocenters. The van der Waals surface area contributed by atoms with Crippen molar-refractivity contribution in [2.24, 2.45) is 5.92 Å². The average molecular weight is 238 g/mol. The van der Waals surface area contributed by atoms with Gasteiger partial charge in [0.15, 0.2) is 0 Å². The summed E-state index contributed by atoms with van der Waals surface area (Å²) in [6.45, 7) is 5.53. The van der Waals surface area contributed by atoms with Gasteiger partial charge in [-0.2, -0.15) is 0 Å². The Morgan fingerprint density at radius 1 is 1.35 bits per heavy atom. The van der Waals surface area contributed by atoms with E-state index < -0.39 is 0 Å². The zero-order chi connectivity index (χ0) is 11.7. The molecule has 0 aromatic rings. The maximum absolute atomic E-state index is 6.11. The van der Waals surface area contributed by atoms with E-state index >= 15 is 0 Å². The van der Waals surface area contributed by atoms with Crippen molar-refractivity contribution in [3.05, 3.63) is 0 Å². The molecule has 17 heavy (non-hydrogen) atoms. The summed E-state index contributed by atoms with van der Waals surface area (Å²) in [7, 11) is 0. The molecule has 3 fully saturated rings. The van der Waals surface area contributed by atoms with Gasteiger partial charge < -0.3 is 15.4 Å². The van der Waals surface area contributed by atoms with Gasteiger partial charge in [-0.1, -0.05) is 13.3 Å². The van der Waals surface area contributed by atoms with Gasteiger partial charge in [0.2, 0.25) is 0 Å². The van der Waals surface area contributed by atoms with Crippen LogP contribution in [0.4, 0.5) is 0 Å². The van der Waals surface area contributed by atoms with Gasteiger partial charge in [0.25, 0.3) is 0 Å². The Hall–Kier alpha value is -0.120. The van der Waals surface area contributed by atoms with E-state index in [1.807, 2.05) is 0 Å².